The lowest BCUT2D eigenvalue weighted by Gasteiger charge is -2.30. The maximum absolute atomic E-state index is 12.8. The summed E-state index contributed by atoms with van der Waals surface area (Å²) in [6.45, 7) is 0.867. The van der Waals surface area contributed by atoms with Gasteiger partial charge in [0.05, 0.1) is 11.5 Å². The number of carbonyl (C=O) groups is 1. The summed E-state index contributed by atoms with van der Waals surface area (Å²) in [6, 6.07) is 22.0. The van der Waals surface area contributed by atoms with E-state index in [0.29, 0.717) is 37.6 Å². The molecule has 0 unspecified atom stereocenters. The first kappa shape index (κ1) is 23.7. The van der Waals surface area contributed by atoms with E-state index in [1.54, 1.807) is 4.90 Å². The lowest BCUT2D eigenvalue weighted by atomic mass is 9.90. The van der Waals surface area contributed by atoms with Crippen molar-refractivity contribution in [3.63, 3.8) is 0 Å². The highest BCUT2D eigenvalue weighted by atomic mass is 19.4. The molecule has 1 fully saturated rings. The summed E-state index contributed by atoms with van der Waals surface area (Å²) >= 11 is 0. The predicted octanol–water partition coefficient (Wildman–Crippen LogP) is 5.68. The molecule has 6 nitrogen and oxygen atoms in total. The van der Waals surface area contributed by atoms with Crippen molar-refractivity contribution in [2.75, 3.05) is 13.1 Å². The molecule has 1 saturated heterocycles. The fraction of sp³-hybridized carbons (Fsp3) is 0.259. The molecule has 0 aliphatic carbocycles. The van der Waals surface area contributed by atoms with Crippen LogP contribution in [0.3, 0.4) is 0 Å². The molecule has 0 N–H and O–H groups in total. The Hall–Kier alpha value is -4.01. The first-order valence-electron chi connectivity index (χ1n) is 11.7. The average molecular weight is 493 g/mol. The Morgan fingerprint density at radius 3 is 2.06 bits per heavy atom. The van der Waals surface area contributed by atoms with Gasteiger partial charge in [-0.1, -0.05) is 65.8 Å². The SMILES string of the molecule is O=C(c1ccc(C(F)(F)F)nc1)N1CCC(c2nc(C(c3ccccc3)c3ccccc3)no2)CC1. The van der Waals surface area contributed by atoms with Crippen molar-refractivity contribution in [2.24, 2.45) is 0 Å². The van der Waals surface area contributed by atoms with E-state index >= 15 is 0 Å². The van der Waals surface area contributed by atoms with Gasteiger partial charge in [-0.05, 0) is 36.1 Å². The van der Waals surface area contributed by atoms with E-state index in [0.717, 1.165) is 23.4 Å². The number of hydrogen-bond acceptors (Lipinski definition) is 5. The zero-order valence-electron chi connectivity index (χ0n) is 19.2. The van der Waals surface area contributed by atoms with Crippen LogP contribution in [0.15, 0.2) is 83.5 Å². The summed E-state index contributed by atoms with van der Waals surface area (Å²) in [4.78, 5) is 22.5. The first-order valence-corrected chi connectivity index (χ1v) is 11.7. The van der Waals surface area contributed by atoms with E-state index in [2.05, 4.69) is 10.1 Å². The molecule has 1 amide bonds. The van der Waals surface area contributed by atoms with Crippen LogP contribution in [0, 0.1) is 0 Å². The second kappa shape index (κ2) is 9.93. The van der Waals surface area contributed by atoms with Gasteiger partial charge in [-0.15, -0.1) is 0 Å². The predicted molar refractivity (Wildman–Crippen MR) is 125 cm³/mol. The van der Waals surface area contributed by atoms with Crippen LogP contribution in [-0.2, 0) is 6.18 Å². The Labute approximate surface area is 205 Å². The van der Waals surface area contributed by atoms with Crippen LogP contribution in [0.25, 0.3) is 0 Å². The Kier molecular flexibility index (Phi) is 6.54. The minimum absolute atomic E-state index is 0.00627. The van der Waals surface area contributed by atoms with Crippen LogP contribution in [-0.4, -0.2) is 39.0 Å². The number of piperidine rings is 1. The topological polar surface area (TPSA) is 72.1 Å². The monoisotopic (exact) mass is 492 g/mol. The zero-order valence-corrected chi connectivity index (χ0v) is 19.2. The van der Waals surface area contributed by atoms with E-state index in [1.807, 2.05) is 60.7 Å². The molecule has 4 aromatic rings. The molecule has 36 heavy (non-hydrogen) atoms. The van der Waals surface area contributed by atoms with Crippen molar-refractivity contribution < 1.29 is 22.5 Å². The molecule has 9 heteroatoms. The molecule has 2 aromatic heterocycles. The fourth-order valence-corrected chi connectivity index (χ4v) is 4.51. The highest BCUT2D eigenvalue weighted by Gasteiger charge is 2.33. The second-order valence-corrected chi connectivity index (χ2v) is 8.74. The number of rotatable bonds is 5. The maximum Gasteiger partial charge on any atom is 0.433 e. The van der Waals surface area contributed by atoms with Crippen molar-refractivity contribution in [3.8, 4) is 0 Å². The lowest BCUT2D eigenvalue weighted by Crippen LogP contribution is -2.38. The van der Waals surface area contributed by atoms with Gasteiger partial charge in [0.1, 0.15) is 5.69 Å². The van der Waals surface area contributed by atoms with Crippen LogP contribution in [0.1, 0.15) is 63.6 Å². The normalized spacial score (nSPS) is 14.8. The van der Waals surface area contributed by atoms with Gasteiger partial charge < -0.3 is 9.42 Å². The van der Waals surface area contributed by atoms with E-state index in [-0.39, 0.29) is 23.3 Å². The van der Waals surface area contributed by atoms with Crippen molar-refractivity contribution in [2.45, 2.75) is 30.9 Å². The summed E-state index contributed by atoms with van der Waals surface area (Å²) in [7, 11) is 0. The van der Waals surface area contributed by atoms with E-state index in [4.69, 9.17) is 9.51 Å². The minimum atomic E-state index is -4.54. The van der Waals surface area contributed by atoms with Gasteiger partial charge in [0.15, 0.2) is 5.82 Å². The highest BCUT2D eigenvalue weighted by Crippen LogP contribution is 2.33. The molecular formula is C27H23F3N4O2. The van der Waals surface area contributed by atoms with Crippen molar-refractivity contribution in [1.29, 1.82) is 0 Å². The molecule has 0 bridgehead atoms. The third-order valence-corrected chi connectivity index (χ3v) is 6.41. The number of likely N-dealkylation sites (tertiary alicyclic amines) is 1. The summed E-state index contributed by atoms with van der Waals surface area (Å²) in [6.07, 6.45) is -2.33. The average Bonchev–Trinajstić information content (AvgIpc) is 3.39. The van der Waals surface area contributed by atoms with Gasteiger partial charge in [-0.2, -0.15) is 18.2 Å². The Bertz CT molecular complexity index is 1260. The number of aromatic nitrogens is 3. The molecule has 3 heterocycles. The number of nitrogens with zero attached hydrogens (tertiary/aromatic N) is 4. The van der Waals surface area contributed by atoms with E-state index < -0.39 is 11.9 Å². The van der Waals surface area contributed by atoms with Gasteiger partial charge >= 0.3 is 6.18 Å². The van der Waals surface area contributed by atoms with Gasteiger partial charge in [-0.3, -0.25) is 9.78 Å². The van der Waals surface area contributed by atoms with Crippen molar-refractivity contribution >= 4 is 5.91 Å². The quantitative estimate of drug-likeness (QED) is 0.358. The number of amides is 1. The van der Waals surface area contributed by atoms with Gasteiger partial charge in [-0.25, -0.2) is 0 Å². The number of benzene rings is 2. The van der Waals surface area contributed by atoms with Crippen molar-refractivity contribution in [3.05, 3.63) is 113 Å². The molecular weight excluding hydrogens is 469 g/mol. The van der Waals surface area contributed by atoms with Crippen LogP contribution >= 0.6 is 0 Å². The number of carbonyl (C=O) groups excluding carboxylic acids is 1. The maximum atomic E-state index is 12.8. The fourth-order valence-electron chi connectivity index (χ4n) is 4.51. The molecule has 0 radical (unpaired) electrons. The molecule has 1 aliphatic rings. The van der Waals surface area contributed by atoms with Gasteiger partial charge in [0, 0.05) is 25.2 Å². The third kappa shape index (κ3) is 5.00. The standard InChI is InChI=1S/C27H23F3N4O2/c28-27(29,30)22-12-11-21(17-31-22)26(35)34-15-13-20(14-16-34)25-32-24(33-36-25)23(18-7-3-1-4-8-18)19-9-5-2-6-10-19/h1-12,17,20,23H,13-16H2. The Balaban J connectivity index is 1.28. The molecule has 0 saturated carbocycles. The minimum Gasteiger partial charge on any atom is -0.339 e. The molecule has 1 aliphatic heterocycles. The summed E-state index contributed by atoms with van der Waals surface area (Å²) in [5.41, 5.74) is 1.23. The van der Waals surface area contributed by atoms with Gasteiger partial charge in [0.25, 0.3) is 5.91 Å². The summed E-state index contributed by atoms with van der Waals surface area (Å²) < 4.78 is 43.9. The van der Waals surface area contributed by atoms with Gasteiger partial charge in [0.2, 0.25) is 5.89 Å². The third-order valence-electron chi connectivity index (χ3n) is 6.41. The van der Waals surface area contributed by atoms with E-state index in [9.17, 15) is 18.0 Å². The number of halogens is 3. The van der Waals surface area contributed by atoms with Crippen LogP contribution in [0.5, 0.6) is 0 Å². The van der Waals surface area contributed by atoms with Crippen LogP contribution in [0.4, 0.5) is 13.2 Å². The number of alkyl halides is 3. The Morgan fingerprint density at radius 2 is 1.53 bits per heavy atom. The zero-order chi connectivity index (χ0) is 25.1. The summed E-state index contributed by atoms with van der Waals surface area (Å²) in [5, 5.41) is 4.31. The number of pyridine rings is 1. The summed E-state index contributed by atoms with van der Waals surface area (Å²) in [5.74, 6) is 0.600. The molecule has 2 aromatic carbocycles. The van der Waals surface area contributed by atoms with E-state index in [1.165, 1.54) is 6.07 Å². The van der Waals surface area contributed by atoms with Crippen molar-refractivity contribution in [1.82, 2.24) is 20.0 Å². The number of hydrogen-bond donors (Lipinski definition) is 0. The molecule has 0 atom stereocenters. The smallest absolute Gasteiger partial charge is 0.339 e. The Morgan fingerprint density at radius 1 is 0.917 bits per heavy atom. The molecule has 184 valence electrons. The second-order valence-electron chi connectivity index (χ2n) is 8.74. The lowest BCUT2D eigenvalue weighted by molar-refractivity contribution is -0.141. The highest BCUT2D eigenvalue weighted by molar-refractivity contribution is 5.94. The van der Waals surface area contributed by atoms with Crippen LogP contribution < -0.4 is 0 Å². The van der Waals surface area contributed by atoms with Crippen LogP contribution in [0.2, 0.25) is 0 Å². The first-order chi connectivity index (χ1) is 17.4. The largest absolute Gasteiger partial charge is 0.433 e. The molecule has 0 spiro atoms. The molecule has 5 rings (SSSR count).